The van der Waals surface area contributed by atoms with E-state index in [4.69, 9.17) is 14.0 Å². The molecule has 1 spiro atoms. The predicted octanol–water partition coefficient (Wildman–Crippen LogP) is 5.99. The van der Waals surface area contributed by atoms with Crippen LogP contribution in [0.3, 0.4) is 0 Å². The highest BCUT2D eigenvalue weighted by molar-refractivity contribution is 6.62. The minimum atomic E-state index is -0.437. The third-order valence-corrected chi connectivity index (χ3v) is 10.5. The van der Waals surface area contributed by atoms with Gasteiger partial charge in [-0.2, -0.15) is 5.26 Å². The number of allylic oxidation sites excluding steroid dienone is 6. The Hall–Kier alpha value is -2.98. The number of benzene rings is 1. The molecule has 3 aliphatic heterocycles. The Morgan fingerprint density at radius 3 is 2.42 bits per heavy atom. The largest absolute Gasteiger partial charge is 0.494 e. The van der Waals surface area contributed by atoms with Gasteiger partial charge in [0.1, 0.15) is 0 Å². The van der Waals surface area contributed by atoms with Gasteiger partial charge in [-0.1, -0.05) is 49.4 Å². The molecule has 5 nitrogen and oxygen atoms in total. The Labute approximate surface area is 238 Å². The minimum Gasteiger partial charge on any atom is -0.399 e. The van der Waals surface area contributed by atoms with E-state index >= 15 is 0 Å². The fourth-order valence-corrected chi connectivity index (χ4v) is 7.49. The molecule has 0 bridgehead atoms. The van der Waals surface area contributed by atoms with Crippen molar-refractivity contribution in [3.8, 4) is 6.07 Å². The van der Waals surface area contributed by atoms with Crippen LogP contribution in [0.25, 0.3) is 11.1 Å². The molecule has 3 fully saturated rings. The van der Waals surface area contributed by atoms with E-state index in [0.29, 0.717) is 17.4 Å². The average molecular weight is 532 g/mol. The summed E-state index contributed by atoms with van der Waals surface area (Å²) >= 11 is 0. The number of nitriles is 1. The summed E-state index contributed by atoms with van der Waals surface area (Å²) in [5, 5.41) is 9.45. The molecule has 0 aromatic heterocycles. The first-order valence-electron chi connectivity index (χ1n) is 14.6. The van der Waals surface area contributed by atoms with Gasteiger partial charge in [0, 0.05) is 24.1 Å². The number of rotatable bonds is 3. The first kappa shape index (κ1) is 26.0. The van der Waals surface area contributed by atoms with Crippen LogP contribution in [0.2, 0.25) is 0 Å². The molecule has 0 radical (unpaired) electrons. The summed E-state index contributed by atoms with van der Waals surface area (Å²) in [6.07, 6.45) is 20.2. The van der Waals surface area contributed by atoms with E-state index in [2.05, 4.69) is 94.3 Å². The molecule has 204 valence electrons. The molecule has 40 heavy (non-hydrogen) atoms. The van der Waals surface area contributed by atoms with Crippen LogP contribution in [0.4, 0.5) is 0 Å². The zero-order valence-electron chi connectivity index (χ0n) is 24.1. The molecule has 5 atom stereocenters. The maximum Gasteiger partial charge on any atom is 0.494 e. The SMILES string of the molecule is CC1(C)OB(c2cc(C3=CCCN=C3)cc(C3=CC[C@]45OC6C=C(C#N)C=C[C@@]6(C)C4C5CC=C3)c2)OC1(C)C. The van der Waals surface area contributed by atoms with Crippen LogP contribution in [0, 0.1) is 28.6 Å². The minimum absolute atomic E-state index is 0.0375. The Morgan fingerprint density at radius 2 is 1.73 bits per heavy atom. The van der Waals surface area contributed by atoms with Crippen molar-refractivity contribution in [3.05, 3.63) is 77.4 Å². The van der Waals surface area contributed by atoms with Crippen LogP contribution in [-0.2, 0) is 14.0 Å². The lowest BCUT2D eigenvalue weighted by molar-refractivity contribution is -0.00963. The van der Waals surface area contributed by atoms with Gasteiger partial charge in [0.05, 0.1) is 34.5 Å². The summed E-state index contributed by atoms with van der Waals surface area (Å²) in [7, 11) is -0.437. The fraction of sp³-hybridized carbons (Fsp3) is 0.471. The Balaban J connectivity index is 1.25. The van der Waals surface area contributed by atoms with Gasteiger partial charge in [-0.3, -0.25) is 4.99 Å². The second kappa shape index (κ2) is 8.76. The Morgan fingerprint density at radius 1 is 0.975 bits per heavy atom. The topological polar surface area (TPSA) is 63.8 Å². The summed E-state index contributed by atoms with van der Waals surface area (Å²) in [5.74, 6) is 0.952. The lowest BCUT2D eigenvalue weighted by Gasteiger charge is -2.32. The molecule has 6 aliphatic rings. The summed E-state index contributed by atoms with van der Waals surface area (Å²) in [5.41, 5.74) is 5.30. The van der Waals surface area contributed by atoms with Crippen molar-refractivity contribution < 1.29 is 14.0 Å². The lowest BCUT2D eigenvalue weighted by atomic mass is 9.75. The summed E-state index contributed by atoms with van der Waals surface area (Å²) in [4.78, 5) is 4.55. The first-order valence-corrected chi connectivity index (χ1v) is 14.6. The number of ether oxygens (including phenoxy) is 1. The van der Waals surface area contributed by atoms with Gasteiger partial charge in [-0.05, 0) is 98.8 Å². The zero-order valence-corrected chi connectivity index (χ0v) is 24.1. The third-order valence-electron chi connectivity index (χ3n) is 10.5. The van der Waals surface area contributed by atoms with E-state index in [-0.39, 0.29) is 17.1 Å². The van der Waals surface area contributed by atoms with Gasteiger partial charge in [0.25, 0.3) is 0 Å². The molecule has 1 saturated carbocycles. The number of dihydropyridines is 1. The van der Waals surface area contributed by atoms with Gasteiger partial charge in [-0.25, -0.2) is 0 Å². The van der Waals surface area contributed by atoms with Gasteiger partial charge in [0.15, 0.2) is 0 Å². The molecule has 3 unspecified atom stereocenters. The van der Waals surface area contributed by atoms with E-state index in [1.165, 1.54) is 5.57 Å². The number of nitrogens with zero attached hydrogens (tertiary/aromatic N) is 2. The monoisotopic (exact) mass is 532 g/mol. The lowest BCUT2D eigenvalue weighted by Crippen LogP contribution is -2.41. The summed E-state index contributed by atoms with van der Waals surface area (Å²) in [6, 6.07) is 8.99. The highest BCUT2D eigenvalue weighted by Gasteiger charge is 2.77. The Bertz CT molecular complexity index is 1490. The van der Waals surface area contributed by atoms with E-state index in [1.807, 2.05) is 18.4 Å². The summed E-state index contributed by atoms with van der Waals surface area (Å²) < 4.78 is 19.8. The zero-order chi connectivity index (χ0) is 27.9. The van der Waals surface area contributed by atoms with Crippen molar-refractivity contribution >= 4 is 29.9 Å². The van der Waals surface area contributed by atoms with Gasteiger partial charge in [-0.15, -0.1) is 0 Å². The number of hydrogen-bond donors (Lipinski definition) is 0. The quantitative estimate of drug-likeness (QED) is 0.449. The number of aliphatic imine (C=N–C) groups is 1. The molecular formula is C34H37BN2O3. The van der Waals surface area contributed by atoms with E-state index < -0.39 is 18.3 Å². The number of fused-ring (bicyclic) bond motifs is 3. The molecule has 1 aromatic rings. The molecule has 1 aromatic carbocycles. The van der Waals surface area contributed by atoms with Crippen LogP contribution < -0.4 is 5.46 Å². The normalized spacial score (nSPS) is 36.4. The molecule has 0 N–H and O–H groups in total. The van der Waals surface area contributed by atoms with E-state index in [1.54, 1.807) is 0 Å². The van der Waals surface area contributed by atoms with Gasteiger partial charge in [0.2, 0.25) is 0 Å². The van der Waals surface area contributed by atoms with Crippen LogP contribution in [0.5, 0.6) is 0 Å². The van der Waals surface area contributed by atoms with Crippen LogP contribution in [0.1, 0.15) is 65.0 Å². The van der Waals surface area contributed by atoms with Crippen molar-refractivity contribution in [3.63, 3.8) is 0 Å². The molecule has 7 rings (SSSR count). The van der Waals surface area contributed by atoms with Crippen molar-refractivity contribution in [1.82, 2.24) is 0 Å². The van der Waals surface area contributed by atoms with E-state index in [9.17, 15) is 5.26 Å². The van der Waals surface area contributed by atoms with Crippen LogP contribution >= 0.6 is 0 Å². The van der Waals surface area contributed by atoms with Crippen molar-refractivity contribution in [2.45, 2.75) is 76.8 Å². The molecule has 6 heteroatoms. The number of hydrogen-bond acceptors (Lipinski definition) is 5. The average Bonchev–Trinajstić information content (AvgIpc) is 3.34. The van der Waals surface area contributed by atoms with Crippen molar-refractivity contribution in [2.24, 2.45) is 22.2 Å². The molecule has 3 heterocycles. The van der Waals surface area contributed by atoms with Crippen LogP contribution in [0.15, 0.2) is 71.3 Å². The highest BCUT2D eigenvalue weighted by atomic mass is 16.7. The third kappa shape index (κ3) is 3.82. The molecular weight excluding hydrogens is 495 g/mol. The standard InChI is InChI=1S/C34H37BN2O3/c1-31(2)32(3,4)40-35(39-31)27-18-25(17-26(19-27)24-9-7-15-37-21-24)23-8-6-10-28-30-33(5)13-11-22(20-36)16-29(33)38-34(28,30)14-12-23/h6,8-9,11-13,16-19,21,28-30H,7,10,14-15H2,1-5H3/t28?,29?,30?,33-,34-/m1/s1. The van der Waals surface area contributed by atoms with Crippen molar-refractivity contribution in [1.29, 1.82) is 5.26 Å². The fourth-order valence-electron chi connectivity index (χ4n) is 7.49. The molecule has 0 amide bonds. The smallest absolute Gasteiger partial charge is 0.399 e. The van der Waals surface area contributed by atoms with Gasteiger partial charge < -0.3 is 14.0 Å². The second-order valence-corrected chi connectivity index (χ2v) is 13.4. The van der Waals surface area contributed by atoms with E-state index in [0.717, 1.165) is 48.0 Å². The maximum atomic E-state index is 9.45. The second-order valence-electron chi connectivity index (χ2n) is 13.4. The first-order chi connectivity index (χ1) is 19.1. The van der Waals surface area contributed by atoms with Crippen LogP contribution in [-0.4, -0.2) is 42.8 Å². The predicted molar refractivity (Wildman–Crippen MR) is 160 cm³/mol. The summed E-state index contributed by atoms with van der Waals surface area (Å²) in [6.45, 7) is 11.5. The highest BCUT2D eigenvalue weighted by Crippen LogP contribution is 2.73. The maximum absolute atomic E-state index is 9.45. The Kier molecular flexibility index (Phi) is 5.69. The molecule has 2 saturated heterocycles. The van der Waals surface area contributed by atoms with Gasteiger partial charge >= 0.3 is 7.12 Å². The molecule has 3 aliphatic carbocycles. The van der Waals surface area contributed by atoms with Crippen molar-refractivity contribution in [2.75, 3.05) is 6.54 Å².